The van der Waals surface area contributed by atoms with E-state index in [4.69, 9.17) is 0 Å². The van der Waals surface area contributed by atoms with E-state index in [1.54, 1.807) is 0 Å². The molecule has 0 aliphatic heterocycles. The van der Waals surface area contributed by atoms with Crippen LogP contribution in [0.5, 0.6) is 0 Å². The average Bonchev–Trinajstić information content (AvgIpc) is 3.42. The fourth-order valence-electron chi connectivity index (χ4n) is 7.65. The van der Waals surface area contributed by atoms with Gasteiger partial charge in [0.15, 0.2) is 0 Å². The molecule has 1 heterocycles. The smallest absolute Gasteiger partial charge is 0.0619 e. The molecule has 0 saturated carbocycles. The van der Waals surface area contributed by atoms with E-state index in [1.165, 1.54) is 93.2 Å². The first-order chi connectivity index (χ1) is 21.2. The van der Waals surface area contributed by atoms with E-state index in [-0.39, 0.29) is 0 Å². The highest BCUT2D eigenvalue weighted by atomic mass is 15.0. The topological polar surface area (TPSA) is 4.93 Å². The maximum Gasteiger partial charge on any atom is 0.0619 e. The lowest BCUT2D eigenvalue weighted by molar-refractivity contribution is 0.986. The molecule has 0 spiro atoms. The Kier molecular flexibility index (Phi) is 5.22. The molecule has 0 amide bonds. The number of benzene rings is 7. The molecule has 0 bridgehead atoms. The number of fused-ring (bicyclic) bond motifs is 9. The predicted octanol–water partition coefficient (Wildman–Crippen LogP) is 11.5. The van der Waals surface area contributed by atoms with E-state index >= 15 is 0 Å². The molecule has 43 heavy (non-hydrogen) atoms. The van der Waals surface area contributed by atoms with Gasteiger partial charge in [0.05, 0.1) is 11.0 Å². The van der Waals surface area contributed by atoms with Gasteiger partial charge in [-0.15, -0.1) is 0 Å². The van der Waals surface area contributed by atoms with Crippen LogP contribution < -0.4 is 0 Å². The van der Waals surface area contributed by atoms with Crippen molar-refractivity contribution in [2.45, 2.75) is 26.7 Å². The second kappa shape index (κ2) is 9.18. The first-order valence-electron chi connectivity index (χ1n) is 15.3. The summed E-state index contributed by atoms with van der Waals surface area (Å²) in [5.74, 6) is 0. The molecule has 1 heteroatoms. The van der Waals surface area contributed by atoms with Crippen LogP contribution in [0.1, 0.15) is 28.7 Å². The average molecular weight is 550 g/mol. The minimum atomic E-state index is 1.09. The van der Waals surface area contributed by atoms with Gasteiger partial charge in [-0.3, -0.25) is 0 Å². The van der Waals surface area contributed by atoms with Gasteiger partial charge < -0.3 is 4.57 Å². The molecule has 0 unspecified atom stereocenters. The van der Waals surface area contributed by atoms with E-state index in [2.05, 4.69) is 146 Å². The van der Waals surface area contributed by atoms with Gasteiger partial charge >= 0.3 is 0 Å². The van der Waals surface area contributed by atoms with Crippen LogP contribution in [0.4, 0.5) is 0 Å². The summed E-state index contributed by atoms with van der Waals surface area (Å²) in [7, 11) is 0. The normalized spacial score (nSPS) is 13.1. The van der Waals surface area contributed by atoms with E-state index in [0.717, 1.165) is 12.8 Å². The minimum absolute atomic E-state index is 1.09. The van der Waals surface area contributed by atoms with Gasteiger partial charge in [0.25, 0.3) is 0 Å². The second-order valence-electron chi connectivity index (χ2n) is 12.1. The van der Waals surface area contributed by atoms with Crippen molar-refractivity contribution >= 4 is 60.2 Å². The van der Waals surface area contributed by atoms with E-state index in [0.29, 0.717) is 0 Å². The molecule has 204 valence electrons. The summed E-state index contributed by atoms with van der Waals surface area (Å²) >= 11 is 0. The van der Waals surface area contributed by atoms with Crippen LogP contribution in [-0.2, 0) is 6.42 Å². The minimum Gasteiger partial charge on any atom is -0.308 e. The molecule has 0 saturated heterocycles. The molecular weight excluding hydrogens is 518 g/mol. The molecule has 1 aliphatic carbocycles. The van der Waals surface area contributed by atoms with Gasteiger partial charge in [0.2, 0.25) is 0 Å². The Balaban J connectivity index is 1.33. The third-order valence-corrected chi connectivity index (χ3v) is 9.81. The van der Waals surface area contributed by atoms with Crippen LogP contribution in [0.2, 0.25) is 0 Å². The van der Waals surface area contributed by atoms with Crippen molar-refractivity contribution < 1.29 is 0 Å². The highest BCUT2D eigenvalue weighted by Gasteiger charge is 2.20. The summed E-state index contributed by atoms with van der Waals surface area (Å²) < 4.78 is 2.54. The summed E-state index contributed by atoms with van der Waals surface area (Å²) in [5, 5.41) is 10.5. The largest absolute Gasteiger partial charge is 0.308 e. The molecule has 1 nitrogen and oxygen atoms in total. The zero-order chi connectivity index (χ0) is 28.7. The fraction of sp³-hybridized carbons (Fsp3) is 0.0952. The lowest BCUT2D eigenvalue weighted by atomic mass is 9.91. The maximum absolute atomic E-state index is 2.54. The van der Waals surface area contributed by atoms with Crippen LogP contribution >= 0.6 is 0 Å². The van der Waals surface area contributed by atoms with Crippen LogP contribution in [0.3, 0.4) is 0 Å². The first-order valence-corrected chi connectivity index (χ1v) is 15.3. The van der Waals surface area contributed by atoms with E-state index < -0.39 is 0 Å². The molecule has 7 aromatic carbocycles. The highest BCUT2D eigenvalue weighted by molar-refractivity contribution is 6.20. The molecule has 8 aromatic rings. The van der Waals surface area contributed by atoms with Crippen molar-refractivity contribution in [3.05, 3.63) is 144 Å². The zero-order valence-corrected chi connectivity index (χ0v) is 24.5. The van der Waals surface area contributed by atoms with E-state index in [9.17, 15) is 0 Å². The van der Waals surface area contributed by atoms with Crippen LogP contribution in [0.25, 0.3) is 77.0 Å². The molecule has 0 radical (unpaired) electrons. The molecule has 0 fully saturated rings. The van der Waals surface area contributed by atoms with Crippen molar-refractivity contribution in [1.82, 2.24) is 4.57 Å². The van der Waals surface area contributed by atoms with Crippen molar-refractivity contribution in [3.63, 3.8) is 0 Å². The van der Waals surface area contributed by atoms with E-state index in [1.807, 2.05) is 0 Å². The number of aromatic nitrogens is 1. The maximum atomic E-state index is 2.54. The zero-order valence-electron chi connectivity index (χ0n) is 24.5. The van der Waals surface area contributed by atoms with Gasteiger partial charge in [0, 0.05) is 27.4 Å². The van der Waals surface area contributed by atoms with Crippen LogP contribution in [-0.4, -0.2) is 4.57 Å². The summed E-state index contributed by atoms with van der Waals surface area (Å²) in [6, 6.07) is 43.1. The van der Waals surface area contributed by atoms with Gasteiger partial charge in [-0.25, -0.2) is 0 Å². The lowest BCUT2D eigenvalue weighted by Crippen LogP contribution is -2.00. The molecule has 9 rings (SSSR count). The summed E-state index contributed by atoms with van der Waals surface area (Å²) in [4.78, 5) is 0. The Hall–Kier alpha value is -5.14. The van der Waals surface area contributed by atoms with Crippen molar-refractivity contribution in [1.29, 1.82) is 0 Å². The molecular formula is C42H31N. The molecule has 1 aliphatic rings. The summed E-state index contributed by atoms with van der Waals surface area (Å²) in [6.45, 7) is 4.52. The summed E-state index contributed by atoms with van der Waals surface area (Å²) in [5.41, 5.74) is 11.8. The Morgan fingerprint density at radius 3 is 2.05 bits per heavy atom. The van der Waals surface area contributed by atoms with Gasteiger partial charge in [-0.1, -0.05) is 109 Å². The van der Waals surface area contributed by atoms with Gasteiger partial charge in [-0.2, -0.15) is 0 Å². The highest BCUT2D eigenvalue weighted by Crippen LogP contribution is 2.41. The van der Waals surface area contributed by atoms with Crippen molar-refractivity contribution in [3.8, 4) is 16.8 Å². The Morgan fingerprint density at radius 2 is 1.19 bits per heavy atom. The van der Waals surface area contributed by atoms with Crippen LogP contribution in [0, 0.1) is 13.8 Å². The Bertz CT molecular complexity index is 2470. The van der Waals surface area contributed by atoms with Crippen molar-refractivity contribution in [2.24, 2.45) is 0 Å². The number of aryl methyl sites for hydroxylation is 3. The van der Waals surface area contributed by atoms with Crippen molar-refractivity contribution in [2.75, 3.05) is 0 Å². The Morgan fingerprint density at radius 1 is 0.512 bits per heavy atom. The SMILES string of the molecule is Cc1c2ccccc2c(C)c2cc(-c3cccc(-n4c5c6c(ccc5c5ccc7ccccc7c54)CCC=C6)c3)ccc12. The standard InChI is InChI=1S/C42H31N/c1-26-33-14-7-8-15-34(33)27(2)40-25-31(20-21-35(26)40)30-12-9-13-32(24-30)43-41-36-16-5-3-10-28(36)18-22-38(41)39-23-19-29-11-4-6-17-37(29)42(39)43/h3,5-10,12-25H,4,11H2,1-2H3. The predicted molar refractivity (Wildman–Crippen MR) is 186 cm³/mol. The second-order valence-corrected chi connectivity index (χ2v) is 12.1. The quantitative estimate of drug-likeness (QED) is 0.189. The number of allylic oxidation sites excluding steroid dienone is 1. The van der Waals surface area contributed by atoms with Crippen LogP contribution in [0.15, 0.2) is 121 Å². The Labute approximate surface area is 251 Å². The third kappa shape index (κ3) is 3.52. The number of hydrogen-bond acceptors (Lipinski definition) is 0. The third-order valence-electron chi connectivity index (χ3n) is 9.81. The number of hydrogen-bond donors (Lipinski definition) is 0. The number of rotatable bonds is 2. The lowest BCUT2D eigenvalue weighted by Gasteiger charge is -2.17. The van der Waals surface area contributed by atoms with Gasteiger partial charge in [0.1, 0.15) is 0 Å². The summed E-state index contributed by atoms with van der Waals surface area (Å²) in [6.07, 6.45) is 6.88. The molecule has 1 aromatic heterocycles. The first kappa shape index (κ1) is 24.5. The molecule has 0 atom stereocenters. The monoisotopic (exact) mass is 549 g/mol. The van der Waals surface area contributed by atoms with Gasteiger partial charge in [-0.05, 0) is 99.6 Å². The number of nitrogens with zero attached hydrogens (tertiary/aromatic N) is 1. The fourth-order valence-corrected chi connectivity index (χ4v) is 7.65. The molecule has 0 N–H and O–H groups in total.